The van der Waals surface area contributed by atoms with Gasteiger partial charge in [-0.15, -0.1) is 0 Å². The number of hydrogen-bond acceptors (Lipinski definition) is 2. The van der Waals surface area contributed by atoms with Crippen molar-refractivity contribution in [3.8, 4) is 5.75 Å². The van der Waals surface area contributed by atoms with Crippen LogP contribution in [0.25, 0.3) is 0 Å². The van der Waals surface area contributed by atoms with Gasteiger partial charge in [0.2, 0.25) is 12.2 Å². The van der Waals surface area contributed by atoms with Gasteiger partial charge in [-0.1, -0.05) is 29.8 Å². The standard InChI is InChI=1S/C19H19ClN2O2/c1-12-19(2,3)14-6-4-5-7-16(14)22(12)11-18(24)21-15-10-13(20)8-9-17(15)23/h4-10H,11H2,1-3H3,(H-,21,23,24)/p+1. The van der Waals surface area contributed by atoms with Gasteiger partial charge in [0.15, 0.2) is 5.71 Å². The van der Waals surface area contributed by atoms with Crippen molar-refractivity contribution in [3.05, 3.63) is 53.1 Å². The molecule has 24 heavy (non-hydrogen) atoms. The number of anilines is 1. The second-order valence-corrected chi connectivity index (χ2v) is 6.96. The van der Waals surface area contributed by atoms with Crippen molar-refractivity contribution in [2.75, 3.05) is 11.9 Å². The lowest BCUT2D eigenvalue weighted by Gasteiger charge is -2.14. The third-order valence-corrected chi connectivity index (χ3v) is 4.95. The molecule has 1 aliphatic rings. The van der Waals surface area contributed by atoms with Gasteiger partial charge in [0.1, 0.15) is 5.75 Å². The second kappa shape index (κ2) is 5.95. The molecule has 3 rings (SSSR count). The number of halogens is 1. The van der Waals surface area contributed by atoms with Gasteiger partial charge in [0.05, 0.1) is 11.1 Å². The van der Waals surface area contributed by atoms with E-state index in [1.165, 1.54) is 17.7 Å². The van der Waals surface area contributed by atoms with E-state index in [1.807, 2.05) is 29.7 Å². The number of rotatable bonds is 3. The Morgan fingerprint density at radius 3 is 2.71 bits per heavy atom. The highest BCUT2D eigenvalue weighted by atomic mass is 35.5. The Morgan fingerprint density at radius 2 is 1.96 bits per heavy atom. The van der Waals surface area contributed by atoms with E-state index in [2.05, 4.69) is 25.2 Å². The number of nitrogens with zero attached hydrogens (tertiary/aromatic N) is 1. The van der Waals surface area contributed by atoms with Crippen LogP contribution in [0.15, 0.2) is 42.5 Å². The maximum Gasteiger partial charge on any atom is 0.290 e. The average Bonchev–Trinajstić information content (AvgIpc) is 2.72. The number of amides is 1. The third kappa shape index (κ3) is 2.78. The van der Waals surface area contributed by atoms with Gasteiger partial charge < -0.3 is 10.4 Å². The molecule has 0 unspecified atom stereocenters. The molecule has 2 aromatic carbocycles. The summed E-state index contributed by atoms with van der Waals surface area (Å²) in [6.45, 7) is 6.53. The Hall–Kier alpha value is -2.33. The van der Waals surface area contributed by atoms with Crippen LogP contribution in [-0.4, -0.2) is 27.8 Å². The number of para-hydroxylation sites is 1. The van der Waals surface area contributed by atoms with Crippen molar-refractivity contribution in [2.24, 2.45) is 0 Å². The number of carbonyl (C=O) groups excluding carboxylic acids is 1. The summed E-state index contributed by atoms with van der Waals surface area (Å²) in [4.78, 5) is 12.5. The van der Waals surface area contributed by atoms with Crippen LogP contribution in [0, 0.1) is 0 Å². The number of carbonyl (C=O) groups is 1. The molecule has 0 aliphatic carbocycles. The van der Waals surface area contributed by atoms with Gasteiger partial charge in [0.25, 0.3) is 5.91 Å². The van der Waals surface area contributed by atoms with Gasteiger partial charge in [-0.2, -0.15) is 4.58 Å². The zero-order chi connectivity index (χ0) is 17.5. The zero-order valence-corrected chi connectivity index (χ0v) is 14.7. The Balaban J connectivity index is 1.87. The first-order chi connectivity index (χ1) is 11.3. The van der Waals surface area contributed by atoms with Crippen LogP contribution >= 0.6 is 11.6 Å². The predicted octanol–water partition coefficient (Wildman–Crippen LogP) is 4.08. The van der Waals surface area contributed by atoms with Crippen molar-refractivity contribution in [3.63, 3.8) is 0 Å². The van der Waals surface area contributed by atoms with Crippen molar-refractivity contribution in [1.29, 1.82) is 0 Å². The largest absolute Gasteiger partial charge is 0.506 e. The van der Waals surface area contributed by atoms with Gasteiger partial charge in [-0.05, 0) is 32.0 Å². The summed E-state index contributed by atoms with van der Waals surface area (Å²) in [7, 11) is 0. The van der Waals surface area contributed by atoms with E-state index in [1.54, 1.807) is 6.07 Å². The smallest absolute Gasteiger partial charge is 0.290 e. The molecule has 5 heteroatoms. The second-order valence-electron chi connectivity index (χ2n) is 6.52. The quantitative estimate of drug-likeness (QED) is 0.651. The lowest BCUT2D eigenvalue weighted by atomic mass is 9.82. The molecule has 0 atom stereocenters. The summed E-state index contributed by atoms with van der Waals surface area (Å²) >= 11 is 5.92. The van der Waals surface area contributed by atoms with E-state index >= 15 is 0 Å². The lowest BCUT2D eigenvalue weighted by Crippen LogP contribution is -2.30. The Kier molecular flexibility index (Phi) is 4.10. The normalized spacial score (nSPS) is 15.3. The number of nitrogens with one attached hydrogen (secondary N) is 1. The van der Waals surface area contributed by atoms with Crippen LogP contribution in [-0.2, 0) is 10.2 Å². The molecule has 2 N–H and O–H groups in total. The van der Waals surface area contributed by atoms with E-state index in [4.69, 9.17) is 11.6 Å². The summed E-state index contributed by atoms with van der Waals surface area (Å²) in [6.07, 6.45) is 0. The van der Waals surface area contributed by atoms with Crippen molar-refractivity contribution in [1.82, 2.24) is 0 Å². The minimum absolute atomic E-state index is 0.00407. The first-order valence-corrected chi connectivity index (χ1v) is 8.18. The predicted molar refractivity (Wildman–Crippen MR) is 96.7 cm³/mol. The number of phenolic OH excluding ortho intramolecular Hbond substituents is 1. The average molecular weight is 344 g/mol. The highest BCUT2D eigenvalue weighted by Crippen LogP contribution is 2.39. The van der Waals surface area contributed by atoms with Gasteiger partial charge in [-0.25, -0.2) is 0 Å². The maximum absolute atomic E-state index is 12.5. The molecular weight excluding hydrogens is 324 g/mol. The van der Waals surface area contributed by atoms with Crippen molar-refractivity contribution in [2.45, 2.75) is 26.2 Å². The number of benzene rings is 2. The van der Waals surface area contributed by atoms with E-state index in [0.717, 1.165) is 11.4 Å². The minimum Gasteiger partial charge on any atom is -0.506 e. The first-order valence-electron chi connectivity index (χ1n) is 7.80. The fraction of sp³-hybridized carbons (Fsp3) is 0.263. The Morgan fingerprint density at radius 1 is 1.25 bits per heavy atom. The van der Waals surface area contributed by atoms with E-state index in [0.29, 0.717) is 10.7 Å². The molecule has 0 bridgehead atoms. The van der Waals surface area contributed by atoms with Crippen LogP contribution in [0.1, 0.15) is 26.3 Å². The molecule has 0 aromatic heterocycles. The summed E-state index contributed by atoms with van der Waals surface area (Å²) in [5.74, 6) is -0.213. The van der Waals surface area contributed by atoms with E-state index in [-0.39, 0.29) is 23.6 Å². The molecule has 1 amide bonds. The maximum atomic E-state index is 12.5. The number of hydrogen-bond donors (Lipinski definition) is 2. The van der Waals surface area contributed by atoms with Crippen LogP contribution in [0.2, 0.25) is 5.02 Å². The summed E-state index contributed by atoms with van der Waals surface area (Å²) in [6, 6.07) is 12.7. The van der Waals surface area contributed by atoms with E-state index < -0.39 is 0 Å². The number of aromatic hydroxyl groups is 1. The fourth-order valence-electron chi connectivity index (χ4n) is 3.10. The van der Waals surface area contributed by atoms with Gasteiger partial charge in [0, 0.05) is 23.6 Å². The fourth-order valence-corrected chi connectivity index (χ4v) is 3.27. The monoisotopic (exact) mass is 343 g/mol. The van der Waals surface area contributed by atoms with Gasteiger partial charge in [-0.3, -0.25) is 4.79 Å². The van der Waals surface area contributed by atoms with Gasteiger partial charge >= 0.3 is 0 Å². The SMILES string of the molecule is CC1=[N+](CC(=O)Nc2cc(Cl)ccc2O)c2ccccc2C1(C)C. The Labute approximate surface area is 146 Å². The highest BCUT2D eigenvalue weighted by molar-refractivity contribution is 6.31. The summed E-state index contributed by atoms with van der Waals surface area (Å²) < 4.78 is 2.02. The molecule has 124 valence electrons. The van der Waals surface area contributed by atoms with Crippen LogP contribution in [0.5, 0.6) is 5.75 Å². The molecule has 0 fully saturated rings. The number of phenols is 1. The molecule has 0 saturated heterocycles. The highest BCUT2D eigenvalue weighted by Gasteiger charge is 2.43. The van der Waals surface area contributed by atoms with Crippen molar-refractivity contribution >= 4 is 34.6 Å². The number of fused-ring (bicyclic) bond motifs is 1. The van der Waals surface area contributed by atoms with Crippen LogP contribution < -0.4 is 5.32 Å². The summed E-state index contributed by atoms with van der Waals surface area (Å²) in [5, 5.41) is 13.0. The molecule has 1 aliphatic heterocycles. The minimum atomic E-state index is -0.209. The van der Waals surface area contributed by atoms with Crippen molar-refractivity contribution < 1.29 is 14.5 Å². The van der Waals surface area contributed by atoms with E-state index in [9.17, 15) is 9.90 Å². The first kappa shape index (κ1) is 16.5. The molecule has 0 spiro atoms. The molecular formula is C19H20ClN2O2+. The third-order valence-electron chi connectivity index (χ3n) is 4.71. The Bertz CT molecular complexity index is 856. The molecule has 2 aromatic rings. The van der Waals surface area contributed by atoms with Crippen LogP contribution in [0.4, 0.5) is 11.4 Å². The molecule has 4 nitrogen and oxygen atoms in total. The topological polar surface area (TPSA) is 52.3 Å². The summed E-state index contributed by atoms with van der Waals surface area (Å²) in [5.41, 5.74) is 3.58. The van der Waals surface area contributed by atoms with Crippen LogP contribution in [0.3, 0.4) is 0 Å². The molecule has 0 saturated carbocycles. The molecule has 0 radical (unpaired) electrons. The zero-order valence-electron chi connectivity index (χ0n) is 13.9. The lowest BCUT2D eigenvalue weighted by molar-refractivity contribution is -0.425. The molecule has 1 heterocycles.